The summed E-state index contributed by atoms with van der Waals surface area (Å²) in [6.07, 6.45) is 0. The van der Waals surface area contributed by atoms with E-state index in [4.69, 9.17) is 15.6 Å². The van der Waals surface area contributed by atoms with Crippen LogP contribution in [0, 0.1) is 5.92 Å². The fourth-order valence-electron chi connectivity index (χ4n) is 1.93. The first-order valence-electron chi connectivity index (χ1n) is 5.65. The van der Waals surface area contributed by atoms with Crippen LogP contribution in [0.3, 0.4) is 0 Å². The molecule has 19 heavy (non-hydrogen) atoms. The average Bonchev–Trinajstić information content (AvgIpc) is 2.76. The molecule has 7 heteroatoms. The van der Waals surface area contributed by atoms with Crippen LogP contribution in [0.15, 0.2) is 22.7 Å². The maximum Gasteiger partial charge on any atom is 0.311 e. The summed E-state index contributed by atoms with van der Waals surface area (Å²) in [4.78, 5) is 23.0. The Balaban J connectivity index is 2.10. The van der Waals surface area contributed by atoms with Crippen molar-refractivity contribution in [3.63, 3.8) is 0 Å². The van der Waals surface area contributed by atoms with Crippen LogP contribution in [0.4, 0.5) is 5.69 Å². The molecule has 1 aliphatic heterocycles. The van der Waals surface area contributed by atoms with Gasteiger partial charge in [-0.05, 0) is 18.2 Å². The highest BCUT2D eigenvalue weighted by Crippen LogP contribution is 2.20. The predicted octanol–water partition coefficient (Wildman–Crippen LogP) is 0.861. The molecule has 1 fully saturated rings. The number of anilines is 1. The molecule has 0 aromatic heterocycles. The highest BCUT2D eigenvalue weighted by atomic mass is 79.9. The number of carbonyl (C=O) groups excluding carboxylic acids is 1. The lowest BCUT2D eigenvalue weighted by molar-refractivity contribution is -0.142. The smallest absolute Gasteiger partial charge is 0.311 e. The van der Waals surface area contributed by atoms with Crippen molar-refractivity contribution < 1.29 is 19.4 Å². The van der Waals surface area contributed by atoms with Gasteiger partial charge in [0.15, 0.2) is 0 Å². The molecule has 0 saturated carbocycles. The molecule has 2 atom stereocenters. The maximum atomic E-state index is 12.0. The second kappa shape index (κ2) is 5.58. The van der Waals surface area contributed by atoms with E-state index in [1.165, 1.54) is 0 Å². The summed E-state index contributed by atoms with van der Waals surface area (Å²) in [5.74, 6) is -2.10. The minimum absolute atomic E-state index is 0.107. The molecule has 6 nitrogen and oxygen atoms in total. The summed E-state index contributed by atoms with van der Waals surface area (Å²) >= 11 is 3.25. The third-order valence-corrected chi connectivity index (χ3v) is 3.47. The van der Waals surface area contributed by atoms with Crippen LogP contribution in [0.1, 0.15) is 10.4 Å². The number of halogens is 1. The Morgan fingerprint density at radius 1 is 1.42 bits per heavy atom. The van der Waals surface area contributed by atoms with E-state index in [2.05, 4.69) is 21.2 Å². The number of aliphatic carboxylic acids is 1. The molecule has 0 aliphatic carbocycles. The minimum atomic E-state index is -0.980. The van der Waals surface area contributed by atoms with E-state index in [1.807, 2.05) is 0 Å². The highest BCUT2D eigenvalue weighted by Gasteiger charge is 2.35. The van der Waals surface area contributed by atoms with E-state index in [9.17, 15) is 9.59 Å². The van der Waals surface area contributed by atoms with Gasteiger partial charge < -0.3 is 20.9 Å². The van der Waals surface area contributed by atoms with E-state index in [0.29, 0.717) is 11.3 Å². The first-order chi connectivity index (χ1) is 8.99. The molecule has 102 valence electrons. The first-order valence-corrected chi connectivity index (χ1v) is 6.45. The highest BCUT2D eigenvalue weighted by molar-refractivity contribution is 9.10. The van der Waals surface area contributed by atoms with Gasteiger partial charge in [-0.2, -0.15) is 0 Å². The van der Waals surface area contributed by atoms with Crippen LogP contribution in [-0.2, 0) is 9.53 Å². The van der Waals surface area contributed by atoms with Gasteiger partial charge in [-0.15, -0.1) is 0 Å². The number of nitrogen functional groups attached to an aromatic ring is 1. The second-order valence-electron chi connectivity index (χ2n) is 4.29. The Labute approximate surface area is 118 Å². The van der Waals surface area contributed by atoms with Crippen LogP contribution in [0.2, 0.25) is 0 Å². The summed E-state index contributed by atoms with van der Waals surface area (Å²) in [5, 5.41) is 11.6. The van der Waals surface area contributed by atoms with Crippen molar-refractivity contribution >= 4 is 33.5 Å². The van der Waals surface area contributed by atoms with Gasteiger partial charge in [-0.1, -0.05) is 15.9 Å². The van der Waals surface area contributed by atoms with Gasteiger partial charge in [0.1, 0.15) is 5.92 Å². The molecule has 1 heterocycles. The fourth-order valence-corrected chi connectivity index (χ4v) is 2.31. The molecule has 1 aromatic rings. The number of hydrogen-bond donors (Lipinski definition) is 3. The van der Waals surface area contributed by atoms with Gasteiger partial charge in [0.2, 0.25) is 0 Å². The lowest BCUT2D eigenvalue weighted by Crippen LogP contribution is -2.42. The number of benzene rings is 1. The van der Waals surface area contributed by atoms with Gasteiger partial charge in [-0.25, -0.2) is 0 Å². The lowest BCUT2D eigenvalue weighted by Gasteiger charge is -2.16. The Hall–Kier alpha value is -1.60. The molecule has 0 spiro atoms. The van der Waals surface area contributed by atoms with Crippen molar-refractivity contribution in [1.29, 1.82) is 0 Å². The third kappa shape index (κ3) is 3.05. The van der Waals surface area contributed by atoms with Gasteiger partial charge in [-0.3, -0.25) is 9.59 Å². The molecular formula is C12H13BrN2O4. The summed E-state index contributed by atoms with van der Waals surface area (Å²) in [6.45, 7) is 0.301. The number of carboxylic acids is 1. The standard InChI is InChI=1S/C12H13BrN2O4/c13-6-1-2-7(9(14)3-6)11(16)15-10-5-19-4-8(10)12(17)18/h1-3,8,10H,4-5,14H2,(H,15,16)(H,17,18). The van der Waals surface area contributed by atoms with Crippen molar-refractivity contribution in [1.82, 2.24) is 5.32 Å². The van der Waals surface area contributed by atoms with Crippen LogP contribution < -0.4 is 11.1 Å². The van der Waals surface area contributed by atoms with Gasteiger partial charge in [0.25, 0.3) is 5.91 Å². The molecule has 0 radical (unpaired) electrons. The number of rotatable bonds is 3. The average molecular weight is 329 g/mol. The normalized spacial score (nSPS) is 22.2. The topological polar surface area (TPSA) is 102 Å². The largest absolute Gasteiger partial charge is 0.481 e. The molecule has 1 amide bonds. The molecule has 2 unspecified atom stereocenters. The molecule has 1 aliphatic rings. The Bertz CT molecular complexity index is 520. The molecule has 1 saturated heterocycles. The van der Waals surface area contributed by atoms with Crippen molar-refractivity contribution in [3.05, 3.63) is 28.2 Å². The number of carboxylic acid groups (broad SMARTS) is 1. The van der Waals surface area contributed by atoms with Gasteiger partial charge in [0.05, 0.1) is 24.8 Å². The maximum absolute atomic E-state index is 12.0. The van der Waals surface area contributed by atoms with Crippen molar-refractivity contribution in [3.8, 4) is 0 Å². The summed E-state index contributed by atoms with van der Waals surface area (Å²) < 4.78 is 5.86. The molecular weight excluding hydrogens is 316 g/mol. The summed E-state index contributed by atoms with van der Waals surface area (Å²) in [7, 11) is 0. The molecule has 4 N–H and O–H groups in total. The fraction of sp³-hybridized carbons (Fsp3) is 0.333. The Kier molecular flexibility index (Phi) is 4.06. The van der Waals surface area contributed by atoms with Crippen LogP contribution in [0.5, 0.6) is 0 Å². The summed E-state index contributed by atoms with van der Waals surface area (Å²) in [5.41, 5.74) is 6.40. The van der Waals surface area contributed by atoms with Crippen LogP contribution in [-0.4, -0.2) is 36.2 Å². The van der Waals surface area contributed by atoms with Gasteiger partial charge >= 0.3 is 5.97 Å². The SMILES string of the molecule is Nc1cc(Br)ccc1C(=O)NC1COCC1C(=O)O. The zero-order valence-corrected chi connectivity index (χ0v) is 11.5. The number of hydrogen-bond acceptors (Lipinski definition) is 4. The monoisotopic (exact) mass is 328 g/mol. The van der Waals surface area contributed by atoms with Crippen molar-refractivity contribution in [2.75, 3.05) is 18.9 Å². The van der Waals surface area contributed by atoms with Crippen LogP contribution >= 0.6 is 15.9 Å². The van der Waals surface area contributed by atoms with Crippen LogP contribution in [0.25, 0.3) is 0 Å². The predicted molar refractivity (Wildman–Crippen MR) is 71.8 cm³/mol. The van der Waals surface area contributed by atoms with E-state index < -0.39 is 23.8 Å². The van der Waals surface area contributed by atoms with E-state index >= 15 is 0 Å². The van der Waals surface area contributed by atoms with Crippen molar-refractivity contribution in [2.24, 2.45) is 5.92 Å². The summed E-state index contributed by atoms with van der Waals surface area (Å²) in [6, 6.07) is 4.37. The third-order valence-electron chi connectivity index (χ3n) is 2.97. The number of amides is 1. The molecule has 1 aromatic carbocycles. The molecule has 2 rings (SSSR count). The zero-order chi connectivity index (χ0) is 14.0. The lowest BCUT2D eigenvalue weighted by atomic mass is 10.0. The van der Waals surface area contributed by atoms with Crippen molar-refractivity contribution in [2.45, 2.75) is 6.04 Å². The first kappa shape index (κ1) is 13.8. The number of ether oxygens (including phenoxy) is 1. The van der Waals surface area contributed by atoms with Gasteiger partial charge in [0, 0.05) is 10.2 Å². The number of carbonyl (C=O) groups is 2. The number of nitrogens with one attached hydrogen (secondary N) is 1. The second-order valence-corrected chi connectivity index (χ2v) is 5.21. The Morgan fingerprint density at radius 3 is 2.79 bits per heavy atom. The zero-order valence-electron chi connectivity index (χ0n) is 9.93. The van der Waals surface area contributed by atoms with E-state index in [-0.39, 0.29) is 13.2 Å². The Morgan fingerprint density at radius 2 is 2.16 bits per heavy atom. The van der Waals surface area contributed by atoms with E-state index in [1.54, 1.807) is 18.2 Å². The van der Waals surface area contributed by atoms with E-state index in [0.717, 1.165) is 4.47 Å². The minimum Gasteiger partial charge on any atom is -0.481 e. The quantitative estimate of drug-likeness (QED) is 0.714. The number of nitrogens with two attached hydrogens (primary N) is 1. The molecule has 0 bridgehead atoms.